The van der Waals surface area contributed by atoms with Gasteiger partial charge >= 0.3 is 0 Å². The van der Waals surface area contributed by atoms with Gasteiger partial charge in [-0.25, -0.2) is 0 Å². The SMILES string of the molecule is C=C(C)[C@H](/C=C/C(C)(C)C)c1ccccc1. The summed E-state index contributed by atoms with van der Waals surface area (Å²) in [6, 6.07) is 10.5. The second-order valence-electron chi connectivity index (χ2n) is 5.46. The zero-order chi connectivity index (χ0) is 12.2. The third-order valence-corrected chi connectivity index (χ3v) is 2.48. The molecule has 0 aromatic heterocycles. The summed E-state index contributed by atoms with van der Waals surface area (Å²) in [6.45, 7) is 12.8. The first kappa shape index (κ1) is 12.8. The van der Waals surface area contributed by atoms with E-state index in [9.17, 15) is 0 Å². The molecule has 0 aliphatic heterocycles. The minimum absolute atomic E-state index is 0.225. The van der Waals surface area contributed by atoms with E-state index in [0.717, 1.165) is 0 Å². The molecule has 0 saturated heterocycles. The monoisotopic (exact) mass is 214 g/mol. The maximum atomic E-state index is 4.08. The molecule has 0 aliphatic carbocycles. The Bertz CT molecular complexity index is 363. The van der Waals surface area contributed by atoms with E-state index in [2.05, 4.69) is 70.7 Å². The van der Waals surface area contributed by atoms with Crippen LogP contribution in [0.3, 0.4) is 0 Å². The maximum Gasteiger partial charge on any atom is 0.0223 e. The van der Waals surface area contributed by atoms with Crippen molar-refractivity contribution in [3.63, 3.8) is 0 Å². The van der Waals surface area contributed by atoms with Crippen molar-refractivity contribution in [2.75, 3.05) is 0 Å². The summed E-state index contributed by atoms with van der Waals surface area (Å²) in [6.07, 6.45) is 4.52. The quantitative estimate of drug-likeness (QED) is 0.625. The van der Waals surface area contributed by atoms with Crippen molar-refractivity contribution in [1.82, 2.24) is 0 Å². The minimum Gasteiger partial charge on any atom is -0.0992 e. The molecule has 0 unspecified atom stereocenters. The van der Waals surface area contributed by atoms with Gasteiger partial charge in [-0.1, -0.05) is 75.4 Å². The van der Waals surface area contributed by atoms with Gasteiger partial charge < -0.3 is 0 Å². The van der Waals surface area contributed by atoms with Gasteiger partial charge in [0.05, 0.1) is 0 Å². The van der Waals surface area contributed by atoms with E-state index in [1.807, 2.05) is 6.07 Å². The van der Waals surface area contributed by atoms with E-state index in [1.165, 1.54) is 11.1 Å². The van der Waals surface area contributed by atoms with Crippen LogP contribution < -0.4 is 0 Å². The van der Waals surface area contributed by atoms with Crippen molar-refractivity contribution in [2.24, 2.45) is 5.41 Å². The Hall–Kier alpha value is -1.30. The maximum absolute atomic E-state index is 4.08. The molecule has 0 fully saturated rings. The lowest BCUT2D eigenvalue weighted by Gasteiger charge is -2.17. The number of benzene rings is 1. The third-order valence-electron chi connectivity index (χ3n) is 2.48. The molecule has 0 radical (unpaired) electrons. The van der Waals surface area contributed by atoms with Crippen LogP contribution >= 0.6 is 0 Å². The molecule has 0 aliphatic rings. The second kappa shape index (κ2) is 5.16. The normalized spacial score (nSPS) is 14.0. The van der Waals surface area contributed by atoms with E-state index in [1.54, 1.807) is 0 Å². The van der Waals surface area contributed by atoms with Crippen molar-refractivity contribution in [3.8, 4) is 0 Å². The van der Waals surface area contributed by atoms with Gasteiger partial charge in [0.15, 0.2) is 0 Å². The molecule has 0 spiro atoms. The van der Waals surface area contributed by atoms with Gasteiger partial charge in [-0.3, -0.25) is 0 Å². The molecule has 1 aromatic carbocycles. The van der Waals surface area contributed by atoms with E-state index in [0.29, 0.717) is 5.92 Å². The van der Waals surface area contributed by atoms with Gasteiger partial charge in [-0.2, -0.15) is 0 Å². The average molecular weight is 214 g/mol. The molecule has 1 rings (SSSR count). The largest absolute Gasteiger partial charge is 0.0992 e. The molecule has 0 bridgehead atoms. The Balaban J connectivity index is 2.94. The minimum atomic E-state index is 0.225. The Labute approximate surface area is 99.7 Å². The van der Waals surface area contributed by atoms with E-state index >= 15 is 0 Å². The van der Waals surface area contributed by atoms with Crippen LogP contribution in [0.4, 0.5) is 0 Å². The molecule has 1 atom stereocenters. The predicted octanol–water partition coefficient (Wildman–Crippen LogP) is 4.95. The summed E-state index contributed by atoms with van der Waals surface area (Å²) in [5.41, 5.74) is 2.73. The van der Waals surface area contributed by atoms with E-state index in [-0.39, 0.29) is 5.41 Å². The van der Waals surface area contributed by atoms with E-state index < -0.39 is 0 Å². The molecular weight excluding hydrogens is 192 g/mol. The molecule has 16 heavy (non-hydrogen) atoms. The Morgan fingerprint density at radius 2 is 1.75 bits per heavy atom. The van der Waals surface area contributed by atoms with Crippen molar-refractivity contribution < 1.29 is 0 Å². The standard InChI is InChI=1S/C16H22/c1-13(2)15(11-12-16(3,4)5)14-9-7-6-8-10-14/h6-12,15H,1H2,2-5H3/b12-11+/t15-/m0/s1. The van der Waals surface area contributed by atoms with Gasteiger partial charge in [-0.05, 0) is 17.9 Å². The van der Waals surface area contributed by atoms with Gasteiger partial charge in [0.2, 0.25) is 0 Å². The highest BCUT2D eigenvalue weighted by atomic mass is 14.2. The molecular formula is C16H22. The number of hydrogen-bond donors (Lipinski definition) is 0. The first-order valence-corrected chi connectivity index (χ1v) is 5.80. The number of allylic oxidation sites excluding steroid dienone is 3. The van der Waals surface area contributed by atoms with Crippen LogP contribution in [0.25, 0.3) is 0 Å². The average Bonchev–Trinajstić information content (AvgIpc) is 2.17. The van der Waals surface area contributed by atoms with E-state index in [4.69, 9.17) is 0 Å². The van der Waals surface area contributed by atoms with Crippen molar-refractivity contribution in [2.45, 2.75) is 33.6 Å². The third kappa shape index (κ3) is 4.06. The first-order chi connectivity index (χ1) is 7.40. The van der Waals surface area contributed by atoms with Crippen LogP contribution in [0.5, 0.6) is 0 Å². The first-order valence-electron chi connectivity index (χ1n) is 5.80. The molecule has 0 nitrogen and oxygen atoms in total. The zero-order valence-electron chi connectivity index (χ0n) is 10.8. The summed E-state index contributed by atoms with van der Waals surface area (Å²) in [7, 11) is 0. The molecule has 0 amide bonds. The van der Waals surface area contributed by atoms with Gasteiger partial charge in [-0.15, -0.1) is 0 Å². The lowest BCUT2D eigenvalue weighted by molar-refractivity contribution is 0.541. The van der Waals surface area contributed by atoms with Gasteiger partial charge in [0.25, 0.3) is 0 Å². The lowest BCUT2D eigenvalue weighted by atomic mass is 9.88. The van der Waals surface area contributed by atoms with Gasteiger partial charge in [0.1, 0.15) is 0 Å². The Morgan fingerprint density at radius 3 is 2.19 bits per heavy atom. The van der Waals surface area contributed by atoms with Crippen LogP contribution in [0.2, 0.25) is 0 Å². The molecule has 0 heterocycles. The summed E-state index contributed by atoms with van der Waals surface area (Å²) in [4.78, 5) is 0. The topological polar surface area (TPSA) is 0 Å². The highest BCUT2D eigenvalue weighted by Crippen LogP contribution is 2.26. The van der Waals surface area contributed by atoms with Gasteiger partial charge in [0, 0.05) is 5.92 Å². The Morgan fingerprint density at radius 1 is 1.19 bits per heavy atom. The predicted molar refractivity (Wildman–Crippen MR) is 72.6 cm³/mol. The Kier molecular flexibility index (Phi) is 4.12. The molecule has 0 N–H and O–H groups in total. The number of hydrogen-bond acceptors (Lipinski definition) is 0. The highest BCUT2D eigenvalue weighted by Gasteiger charge is 2.10. The summed E-state index contributed by atoms with van der Waals surface area (Å²) < 4.78 is 0. The summed E-state index contributed by atoms with van der Waals surface area (Å²) in [5, 5.41) is 0. The zero-order valence-corrected chi connectivity index (χ0v) is 10.8. The molecule has 1 aromatic rings. The summed E-state index contributed by atoms with van der Waals surface area (Å²) >= 11 is 0. The number of rotatable bonds is 3. The van der Waals surface area contributed by atoms with Crippen LogP contribution in [-0.2, 0) is 0 Å². The fourth-order valence-corrected chi connectivity index (χ4v) is 1.61. The van der Waals surface area contributed by atoms with Crippen LogP contribution in [0, 0.1) is 5.41 Å². The molecule has 86 valence electrons. The second-order valence-corrected chi connectivity index (χ2v) is 5.46. The van der Waals surface area contributed by atoms with Crippen molar-refractivity contribution in [1.29, 1.82) is 0 Å². The highest BCUT2D eigenvalue weighted by molar-refractivity contribution is 5.32. The fraction of sp³-hybridized carbons (Fsp3) is 0.375. The molecule has 0 saturated carbocycles. The lowest BCUT2D eigenvalue weighted by Crippen LogP contribution is -2.02. The van der Waals surface area contributed by atoms with Crippen molar-refractivity contribution in [3.05, 3.63) is 60.2 Å². The van der Waals surface area contributed by atoms with Crippen LogP contribution in [0.1, 0.15) is 39.2 Å². The smallest absolute Gasteiger partial charge is 0.0223 e. The fourth-order valence-electron chi connectivity index (χ4n) is 1.61. The van der Waals surface area contributed by atoms with Crippen LogP contribution in [0.15, 0.2) is 54.6 Å². The molecule has 0 heteroatoms. The summed E-state index contributed by atoms with van der Waals surface area (Å²) in [5.74, 6) is 0.334. The van der Waals surface area contributed by atoms with Crippen molar-refractivity contribution >= 4 is 0 Å². The van der Waals surface area contributed by atoms with Crippen LogP contribution in [-0.4, -0.2) is 0 Å².